The van der Waals surface area contributed by atoms with Crippen LogP contribution < -0.4 is 4.74 Å². The molecule has 1 heterocycles. The quantitative estimate of drug-likeness (QED) is 0.701. The van der Waals surface area contributed by atoms with Gasteiger partial charge in [0.2, 0.25) is 0 Å². The van der Waals surface area contributed by atoms with Crippen LogP contribution in [-0.2, 0) is 4.74 Å². The summed E-state index contributed by atoms with van der Waals surface area (Å²) in [6.45, 7) is 6.16. The van der Waals surface area contributed by atoms with Gasteiger partial charge in [0.25, 0.3) is 0 Å². The van der Waals surface area contributed by atoms with E-state index in [1.165, 1.54) is 24.8 Å². The average Bonchev–Trinajstić information content (AvgIpc) is 2.45. The third kappa shape index (κ3) is 4.87. The highest BCUT2D eigenvalue weighted by molar-refractivity contribution is 5.30. The normalized spacial score (nSPS) is 19.6. The van der Waals surface area contributed by atoms with Gasteiger partial charge in [-0.05, 0) is 55.7 Å². The fourth-order valence-electron chi connectivity index (χ4n) is 2.50. The molecule has 1 aliphatic heterocycles. The zero-order chi connectivity index (χ0) is 13.5. The van der Waals surface area contributed by atoms with Gasteiger partial charge in [-0.2, -0.15) is 0 Å². The fourth-order valence-corrected chi connectivity index (χ4v) is 2.50. The van der Waals surface area contributed by atoms with Gasteiger partial charge in [-0.25, -0.2) is 0 Å². The van der Waals surface area contributed by atoms with Gasteiger partial charge < -0.3 is 9.47 Å². The highest BCUT2D eigenvalue weighted by atomic mass is 16.5. The van der Waals surface area contributed by atoms with Crippen LogP contribution in [0.1, 0.15) is 57.4 Å². The van der Waals surface area contributed by atoms with Crippen molar-refractivity contribution < 1.29 is 9.47 Å². The molecule has 2 heteroatoms. The molecule has 1 fully saturated rings. The molecule has 0 spiro atoms. The van der Waals surface area contributed by atoms with Gasteiger partial charge in [0.15, 0.2) is 0 Å². The Morgan fingerprint density at radius 2 is 2.21 bits per heavy atom. The number of ether oxygens (including phenoxy) is 2. The highest BCUT2D eigenvalue weighted by Crippen LogP contribution is 2.21. The summed E-state index contributed by atoms with van der Waals surface area (Å²) in [7, 11) is 0. The van der Waals surface area contributed by atoms with Crippen molar-refractivity contribution in [1.82, 2.24) is 0 Å². The molecule has 0 N–H and O–H groups in total. The van der Waals surface area contributed by atoms with Crippen molar-refractivity contribution >= 4 is 0 Å². The number of hydrogen-bond acceptors (Lipinski definition) is 2. The SMILES string of the molecule is CC(C)c1cccc(OCCCC2CCCCO2)c1. The first kappa shape index (κ1) is 14.4. The molecule has 2 nitrogen and oxygen atoms in total. The van der Waals surface area contributed by atoms with E-state index < -0.39 is 0 Å². The van der Waals surface area contributed by atoms with E-state index in [4.69, 9.17) is 9.47 Å². The van der Waals surface area contributed by atoms with Gasteiger partial charge in [0, 0.05) is 6.61 Å². The standard InChI is InChI=1S/C17H26O2/c1-14(2)15-7-5-9-17(13-15)19-12-6-10-16-8-3-4-11-18-16/h5,7,9,13-14,16H,3-4,6,8,10-12H2,1-2H3. The first-order chi connectivity index (χ1) is 9.25. The van der Waals surface area contributed by atoms with E-state index in [1.807, 2.05) is 6.07 Å². The Kier molecular flexibility index (Phi) is 5.71. The minimum atomic E-state index is 0.472. The molecule has 19 heavy (non-hydrogen) atoms. The van der Waals surface area contributed by atoms with Crippen molar-refractivity contribution in [3.63, 3.8) is 0 Å². The van der Waals surface area contributed by atoms with Crippen LogP contribution >= 0.6 is 0 Å². The van der Waals surface area contributed by atoms with Crippen molar-refractivity contribution in [3.05, 3.63) is 29.8 Å². The number of rotatable bonds is 6. The van der Waals surface area contributed by atoms with Crippen LogP contribution in [0.5, 0.6) is 5.75 Å². The second-order valence-corrected chi connectivity index (χ2v) is 5.71. The van der Waals surface area contributed by atoms with Crippen LogP contribution in [0.2, 0.25) is 0 Å². The molecule has 1 saturated heterocycles. The monoisotopic (exact) mass is 262 g/mol. The summed E-state index contributed by atoms with van der Waals surface area (Å²) >= 11 is 0. The topological polar surface area (TPSA) is 18.5 Å². The molecule has 0 aliphatic carbocycles. The Morgan fingerprint density at radius 3 is 2.95 bits per heavy atom. The molecular formula is C17H26O2. The predicted octanol–water partition coefficient (Wildman–Crippen LogP) is 4.54. The Labute approximate surface area is 117 Å². The number of benzene rings is 1. The zero-order valence-electron chi connectivity index (χ0n) is 12.2. The molecule has 0 radical (unpaired) electrons. The lowest BCUT2D eigenvalue weighted by Gasteiger charge is -2.22. The molecular weight excluding hydrogens is 236 g/mol. The number of hydrogen-bond donors (Lipinski definition) is 0. The lowest BCUT2D eigenvalue weighted by molar-refractivity contribution is 0.00823. The van der Waals surface area contributed by atoms with E-state index in [-0.39, 0.29) is 0 Å². The summed E-state index contributed by atoms with van der Waals surface area (Å²) in [6.07, 6.45) is 6.46. The molecule has 0 bridgehead atoms. The van der Waals surface area contributed by atoms with E-state index in [2.05, 4.69) is 32.0 Å². The molecule has 1 aromatic rings. The van der Waals surface area contributed by atoms with Crippen LogP contribution in [0.4, 0.5) is 0 Å². The van der Waals surface area contributed by atoms with Crippen molar-refractivity contribution in [2.75, 3.05) is 13.2 Å². The highest BCUT2D eigenvalue weighted by Gasteiger charge is 2.13. The van der Waals surface area contributed by atoms with Gasteiger partial charge in [0.1, 0.15) is 5.75 Å². The maximum absolute atomic E-state index is 5.83. The maximum atomic E-state index is 5.83. The minimum Gasteiger partial charge on any atom is -0.494 e. The van der Waals surface area contributed by atoms with Gasteiger partial charge in [0.05, 0.1) is 12.7 Å². The summed E-state index contributed by atoms with van der Waals surface area (Å²) in [4.78, 5) is 0. The lowest BCUT2D eigenvalue weighted by atomic mass is 10.0. The van der Waals surface area contributed by atoms with Crippen LogP contribution in [0.15, 0.2) is 24.3 Å². The van der Waals surface area contributed by atoms with E-state index in [9.17, 15) is 0 Å². The second-order valence-electron chi connectivity index (χ2n) is 5.71. The molecule has 2 rings (SSSR count). The van der Waals surface area contributed by atoms with E-state index in [1.54, 1.807) is 0 Å². The molecule has 106 valence electrons. The predicted molar refractivity (Wildman–Crippen MR) is 78.9 cm³/mol. The molecule has 0 aromatic heterocycles. The van der Waals surface area contributed by atoms with Gasteiger partial charge in [-0.15, -0.1) is 0 Å². The molecule has 1 unspecified atom stereocenters. The first-order valence-electron chi connectivity index (χ1n) is 7.60. The Balaban J connectivity index is 1.68. The third-order valence-electron chi connectivity index (χ3n) is 3.74. The maximum Gasteiger partial charge on any atom is 0.119 e. The second kappa shape index (κ2) is 7.54. The van der Waals surface area contributed by atoms with Crippen molar-refractivity contribution in [2.45, 2.75) is 58.0 Å². The van der Waals surface area contributed by atoms with E-state index in [0.717, 1.165) is 31.8 Å². The van der Waals surface area contributed by atoms with Crippen molar-refractivity contribution in [2.24, 2.45) is 0 Å². The van der Waals surface area contributed by atoms with Gasteiger partial charge in [-0.1, -0.05) is 26.0 Å². The van der Waals surface area contributed by atoms with E-state index >= 15 is 0 Å². The lowest BCUT2D eigenvalue weighted by Crippen LogP contribution is -2.19. The molecule has 1 aromatic carbocycles. The summed E-state index contributed by atoms with van der Waals surface area (Å²) in [6, 6.07) is 8.44. The van der Waals surface area contributed by atoms with Crippen molar-refractivity contribution in [3.8, 4) is 5.75 Å². The summed E-state index contributed by atoms with van der Waals surface area (Å²) in [5.41, 5.74) is 1.34. The first-order valence-corrected chi connectivity index (χ1v) is 7.60. The molecule has 0 amide bonds. The smallest absolute Gasteiger partial charge is 0.119 e. The fraction of sp³-hybridized carbons (Fsp3) is 0.647. The van der Waals surface area contributed by atoms with Crippen LogP contribution in [-0.4, -0.2) is 19.3 Å². The molecule has 1 atom stereocenters. The molecule has 0 saturated carbocycles. The average molecular weight is 262 g/mol. The molecule has 1 aliphatic rings. The van der Waals surface area contributed by atoms with Gasteiger partial charge >= 0.3 is 0 Å². The van der Waals surface area contributed by atoms with Gasteiger partial charge in [-0.3, -0.25) is 0 Å². The van der Waals surface area contributed by atoms with Crippen LogP contribution in [0.25, 0.3) is 0 Å². The van der Waals surface area contributed by atoms with Crippen LogP contribution in [0.3, 0.4) is 0 Å². The van der Waals surface area contributed by atoms with Crippen molar-refractivity contribution in [1.29, 1.82) is 0 Å². The summed E-state index contributed by atoms with van der Waals surface area (Å²) < 4.78 is 11.6. The zero-order valence-corrected chi connectivity index (χ0v) is 12.2. The largest absolute Gasteiger partial charge is 0.494 e. The minimum absolute atomic E-state index is 0.472. The van der Waals surface area contributed by atoms with E-state index in [0.29, 0.717) is 12.0 Å². The Morgan fingerprint density at radius 1 is 1.32 bits per heavy atom. The Bertz CT molecular complexity index is 367. The Hall–Kier alpha value is -1.02. The summed E-state index contributed by atoms with van der Waals surface area (Å²) in [5, 5.41) is 0. The van der Waals surface area contributed by atoms with Crippen LogP contribution in [0, 0.1) is 0 Å². The summed E-state index contributed by atoms with van der Waals surface area (Å²) in [5.74, 6) is 1.55. The third-order valence-corrected chi connectivity index (χ3v) is 3.74.